The standard InChI is InChI=1S/C32H42F2N8O8S/c1-31(2,3)24(35-30(46)50-20-6-5-7-20)28(44)41-16-18(42-38-26(37-40-42)17-8-10-19(49-4)11-9-17)14-23(41)27(43)36-32(15-22(32)25(33)34)29(45)39-51(47,48)21-12-13-21/h8-11,18,20-25H,5-7,12-16H2,1-4H3,(H,35,46)(H,36,43)(H,39,45)/t18-,22+,23+,24-,32-/m1/s1. The van der Waals surface area contributed by atoms with E-state index < -0.39 is 86.9 Å². The Labute approximate surface area is 293 Å². The number of nitrogens with one attached hydrogen (secondary N) is 3. The first kappa shape index (κ1) is 36.4. The summed E-state index contributed by atoms with van der Waals surface area (Å²) in [5.41, 5.74) is -2.47. The first-order chi connectivity index (χ1) is 24.0. The van der Waals surface area contributed by atoms with Crippen molar-refractivity contribution in [1.82, 2.24) is 40.5 Å². The zero-order valence-electron chi connectivity index (χ0n) is 28.7. The highest BCUT2D eigenvalue weighted by atomic mass is 32.2. The summed E-state index contributed by atoms with van der Waals surface area (Å²) < 4.78 is 65.7. The van der Waals surface area contributed by atoms with E-state index in [0.717, 1.165) is 6.42 Å². The quantitative estimate of drug-likeness (QED) is 0.287. The minimum absolute atomic E-state index is 0.114. The lowest BCUT2D eigenvalue weighted by Gasteiger charge is -2.36. The van der Waals surface area contributed by atoms with Gasteiger partial charge in [-0.25, -0.2) is 22.0 Å². The van der Waals surface area contributed by atoms with E-state index in [1.807, 2.05) is 4.72 Å². The molecule has 0 unspecified atom stereocenters. The number of aromatic nitrogens is 4. The fourth-order valence-electron chi connectivity index (χ4n) is 6.35. The van der Waals surface area contributed by atoms with Crippen LogP contribution < -0.4 is 20.1 Å². The molecule has 2 aromatic rings. The molecule has 1 aromatic heterocycles. The molecule has 0 bridgehead atoms. The van der Waals surface area contributed by atoms with Crippen LogP contribution in [0.1, 0.15) is 71.8 Å². The highest BCUT2D eigenvalue weighted by molar-refractivity contribution is 7.91. The number of alkyl carbamates (subject to hydrolysis) is 1. The van der Waals surface area contributed by atoms with Crippen LogP contribution in [0.15, 0.2) is 24.3 Å². The fourth-order valence-corrected chi connectivity index (χ4v) is 7.72. The second kappa shape index (κ2) is 13.6. The molecule has 0 spiro atoms. The van der Waals surface area contributed by atoms with Crippen LogP contribution in [0.5, 0.6) is 5.75 Å². The SMILES string of the molecule is COc1ccc(-c2nnn([C@@H]3C[C@@H](C(=O)N[C@]4(C(=O)NS(=O)(=O)C5CC5)C[C@H]4C(F)F)N(C(=O)[C@@H](NC(=O)OC4CCC4)C(C)(C)C)C3)n2)cc1. The van der Waals surface area contributed by atoms with E-state index in [0.29, 0.717) is 37.0 Å². The molecule has 278 valence electrons. The third-order valence-corrected chi connectivity index (χ3v) is 11.8. The molecule has 4 amide bonds. The number of rotatable bonds is 12. The van der Waals surface area contributed by atoms with E-state index in [1.165, 1.54) is 16.8 Å². The molecular weight excluding hydrogens is 694 g/mol. The van der Waals surface area contributed by atoms with Crippen molar-refractivity contribution < 1.29 is 45.9 Å². The van der Waals surface area contributed by atoms with Crippen molar-refractivity contribution in [2.24, 2.45) is 11.3 Å². The maximum absolute atomic E-state index is 14.4. The summed E-state index contributed by atoms with van der Waals surface area (Å²) in [6.07, 6.45) is -1.73. The molecular formula is C32H42F2N8O8S. The summed E-state index contributed by atoms with van der Waals surface area (Å²) in [6.45, 7) is 5.02. The number of sulfonamides is 1. The summed E-state index contributed by atoms with van der Waals surface area (Å²) in [5.74, 6) is -3.65. The van der Waals surface area contributed by atoms with Crippen molar-refractivity contribution in [2.45, 2.75) is 107 Å². The van der Waals surface area contributed by atoms with Gasteiger partial charge in [0.25, 0.3) is 5.91 Å². The molecule has 1 aliphatic heterocycles. The van der Waals surface area contributed by atoms with Gasteiger partial charge < -0.3 is 25.0 Å². The van der Waals surface area contributed by atoms with Gasteiger partial charge in [-0.15, -0.1) is 10.2 Å². The van der Waals surface area contributed by atoms with Crippen LogP contribution in [0.3, 0.4) is 0 Å². The van der Waals surface area contributed by atoms with Crippen LogP contribution in [-0.2, 0) is 29.1 Å². The largest absolute Gasteiger partial charge is 0.497 e. The average Bonchev–Trinajstić information content (AvgIpc) is 3.94. The van der Waals surface area contributed by atoms with Crippen molar-refractivity contribution in [1.29, 1.82) is 0 Å². The number of amides is 4. The van der Waals surface area contributed by atoms with E-state index in [9.17, 15) is 36.4 Å². The summed E-state index contributed by atoms with van der Waals surface area (Å²) >= 11 is 0. The molecule has 4 aliphatic rings. The van der Waals surface area contributed by atoms with Gasteiger partial charge in [-0.3, -0.25) is 19.1 Å². The molecule has 16 nitrogen and oxygen atoms in total. The van der Waals surface area contributed by atoms with Crippen molar-refractivity contribution in [3.05, 3.63) is 24.3 Å². The van der Waals surface area contributed by atoms with Gasteiger partial charge in [0, 0.05) is 18.5 Å². The second-order valence-electron chi connectivity index (χ2n) is 14.7. The Morgan fingerprint density at radius 2 is 1.75 bits per heavy atom. The van der Waals surface area contributed by atoms with Gasteiger partial charge in [-0.05, 0) is 73.4 Å². The number of hydrogen-bond acceptors (Lipinski definition) is 11. The number of carbonyl (C=O) groups excluding carboxylic acids is 4. The number of ether oxygens (including phenoxy) is 2. The summed E-state index contributed by atoms with van der Waals surface area (Å²) in [5, 5.41) is 17.0. The monoisotopic (exact) mass is 736 g/mol. The lowest BCUT2D eigenvalue weighted by atomic mass is 9.85. The molecule has 2 heterocycles. The third-order valence-electron chi connectivity index (χ3n) is 9.94. The van der Waals surface area contributed by atoms with E-state index >= 15 is 0 Å². The number of alkyl halides is 2. The number of benzene rings is 1. The third kappa shape index (κ3) is 7.62. The second-order valence-corrected chi connectivity index (χ2v) is 16.7. The lowest BCUT2D eigenvalue weighted by molar-refractivity contribution is -0.143. The van der Waals surface area contributed by atoms with E-state index in [-0.39, 0.29) is 24.9 Å². The minimum Gasteiger partial charge on any atom is -0.497 e. The van der Waals surface area contributed by atoms with Crippen LogP contribution in [0.4, 0.5) is 13.6 Å². The zero-order chi connectivity index (χ0) is 36.9. The van der Waals surface area contributed by atoms with Crippen LogP contribution in [0, 0.1) is 11.3 Å². The van der Waals surface area contributed by atoms with Crippen molar-refractivity contribution >= 4 is 33.8 Å². The minimum atomic E-state index is -4.12. The van der Waals surface area contributed by atoms with E-state index in [1.54, 1.807) is 45.0 Å². The molecule has 19 heteroatoms. The van der Waals surface area contributed by atoms with Crippen LogP contribution in [0.2, 0.25) is 0 Å². The smallest absolute Gasteiger partial charge is 0.408 e. The Morgan fingerprint density at radius 1 is 1.06 bits per heavy atom. The number of halogens is 2. The van der Waals surface area contributed by atoms with Gasteiger partial charge in [0.1, 0.15) is 29.5 Å². The lowest BCUT2D eigenvalue weighted by Crippen LogP contribution is -2.60. The average molecular weight is 737 g/mol. The number of tetrazole rings is 1. The highest BCUT2D eigenvalue weighted by Crippen LogP contribution is 2.48. The first-order valence-electron chi connectivity index (χ1n) is 16.9. The molecule has 0 radical (unpaired) electrons. The van der Waals surface area contributed by atoms with Crippen molar-refractivity contribution in [2.75, 3.05) is 13.7 Å². The van der Waals surface area contributed by atoms with Gasteiger partial charge in [-0.2, -0.15) is 4.80 Å². The van der Waals surface area contributed by atoms with Gasteiger partial charge in [-0.1, -0.05) is 20.8 Å². The van der Waals surface area contributed by atoms with Crippen LogP contribution >= 0.6 is 0 Å². The molecule has 3 saturated carbocycles. The number of methoxy groups -OCH3 is 1. The van der Waals surface area contributed by atoms with Crippen molar-refractivity contribution in [3.8, 4) is 17.1 Å². The Bertz CT molecular complexity index is 1780. The van der Waals surface area contributed by atoms with Gasteiger partial charge in [0.05, 0.1) is 24.3 Å². The van der Waals surface area contributed by atoms with E-state index in [4.69, 9.17) is 9.47 Å². The van der Waals surface area contributed by atoms with Crippen LogP contribution in [0.25, 0.3) is 11.4 Å². The summed E-state index contributed by atoms with van der Waals surface area (Å²) in [7, 11) is -2.59. The Hall–Kier alpha value is -4.42. The first-order valence-corrected chi connectivity index (χ1v) is 18.4. The summed E-state index contributed by atoms with van der Waals surface area (Å²) in [4.78, 5) is 57.0. The number of likely N-dealkylation sites (tertiary alicyclic amines) is 1. The highest BCUT2D eigenvalue weighted by Gasteiger charge is 2.67. The molecule has 4 fully saturated rings. The molecule has 3 aliphatic carbocycles. The van der Waals surface area contributed by atoms with Crippen molar-refractivity contribution in [3.63, 3.8) is 0 Å². The normalized spacial score (nSPS) is 25.5. The molecule has 1 aromatic carbocycles. The van der Waals surface area contributed by atoms with E-state index in [2.05, 4.69) is 26.0 Å². The topological polar surface area (TPSA) is 204 Å². The Morgan fingerprint density at radius 3 is 2.29 bits per heavy atom. The molecule has 51 heavy (non-hydrogen) atoms. The Kier molecular flexibility index (Phi) is 9.71. The van der Waals surface area contributed by atoms with Gasteiger partial charge >= 0.3 is 6.09 Å². The molecule has 6 rings (SSSR count). The Balaban J connectivity index is 1.27. The zero-order valence-corrected chi connectivity index (χ0v) is 29.5. The predicted molar refractivity (Wildman–Crippen MR) is 175 cm³/mol. The maximum atomic E-state index is 14.4. The number of hydrogen-bond donors (Lipinski definition) is 3. The number of carbonyl (C=O) groups is 4. The number of nitrogens with zero attached hydrogens (tertiary/aromatic N) is 5. The summed E-state index contributed by atoms with van der Waals surface area (Å²) in [6, 6.07) is 3.61. The fraction of sp³-hybridized carbons (Fsp3) is 0.656. The molecule has 5 atom stereocenters. The van der Waals surface area contributed by atoms with Gasteiger partial charge in [0.2, 0.25) is 34.1 Å². The molecule has 3 N–H and O–H groups in total. The predicted octanol–water partition coefficient (Wildman–Crippen LogP) is 1.93. The van der Waals surface area contributed by atoms with Gasteiger partial charge in [0.15, 0.2) is 0 Å². The van der Waals surface area contributed by atoms with Crippen LogP contribution in [-0.4, -0.2) is 106 Å². The maximum Gasteiger partial charge on any atom is 0.408 e. The molecule has 1 saturated heterocycles.